The maximum Gasteiger partial charge on any atom is 0.336 e. The molecule has 0 unspecified atom stereocenters. The van der Waals surface area contributed by atoms with Crippen LogP contribution in [0, 0.1) is 0 Å². The van der Waals surface area contributed by atoms with Crippen molar-refractivity contribution in [2.45, 2.75) is 36.9 Å². The van der Waals surface area contributed by atoms with E-state index in [9.17, 15) is 13.2 Å². The Morgan fingerprint density at radius 2 is 2.00 bits per heavy atom. The van der Waals surface area contributed by atoms with E-state index < -0.39 is 16.0 Å². The van der Waals surface area contributed by atoms with Crippen LogP contribution in [0.2, 0.25) is 0 Å². The third-order valence-corrected chi connectivity index (χ3v) is 6.24. The molecule has 0 fully saturated rings. The quantitative estimate of drug-likeness (QED) is 0.872. The summed E-state index contributed by atoms with van der Waals surface area (Å²) in [5, 5.41) is 10.1. The van der Waals surface area contributed by atoms with Crippen LogP contribution < -0.4 is 0 Å². The molecule has 0 saturated carbocycles. The molecule has 0 aliphatic rings. The Bertz CT molecular complexity index is 517. The Balaban J connectivity index is 3.08. The Kier molecular flexibility index (Phi) is 4.89. The Hall–Kier alpha value is -0.920. The third-order valence-electron chi connectivity index (χ3n) is 2.91. The van der Waals surface area contributed by atoms with Crippen molar-refractivity contribution in [2.24, 2.45) is 0 Å². The minimum atomic E-state index is -3.59. The molecule has 18 heavy (non-hydrogen) atoms. The van der Waals surface area contributed by atoms with Gasteiger partial charge in [0.2, 0.25) is 0 Å². The van der Waals surface area contributed by atoms with Crippen molar-refractivity contribution in [1.29, 1.82) is 0 Å². The van der Waals surface area contributed by atoms with Crippen LogP contribution in [0.15, 0.2) is 15.7 Å². The van der Waals surface area contributed by atoms with Crippen LogP contribution in [0.5, 0.6) is 0 Å². The molecule has 1 aromatic rings. The molecule has 1 N–H and O–H groups in total. The highest BCUT2D eigenvalue weighted by Crippen LogP contribution is 2.25. The summed E-state index contributed by atoms with van der Waals surface area (Å²) in [6.07, 6.45) is 1.45. The van der Waals surface area contributed by atoms with Crippen LogP contribution in [0.1, 0.15) is 37.0 Å². The molecule has 0 amide bonds. The highest BCUT2D eigenvalue weighted by Gasteiger charge is 2.28. The summed E-state index contributed by atoms with van der Waals surface area (Å²) in [5.74, 6) is -1.11. The monoisotopic (exact) mass is 291 g/mol. The molecule has 0 radical (unpaired) electrons. The second-order valence-corrected chi connectivity index (χ2v) is 7.09. The molecular formula is C11H17NO4S2. The second-order valence-electron chi connectivity index (χ2n) is 3.95. The fourth-order valence-electron chi connectivity index (χ4n) is 1.71. The van der Waals surface area contributed by atoms with Crippen LogP contribution in [0.4, 0.5) is 0 Å². The maximum absolute atomic E-state index is 12.3. The summed E-state index contributed by atoms with van der Waals surface area (Å²) in [6.45, 7) is 3.86. The first-order valence-electron chi connectivity index (χ1n) is 5.64. The molecule has 102 valence electrons. The van der Waals surface area contributed by atoms with Crippen LogP contribution in [-0.2, 0) is 10.0 Å². The molecule has 0 aromatic carbocycles. The fourth-order valence-corrected chi connectivity index (χ4v) is 4.55. The molecule has 0 aliphatic heterocycles. The summed E-state index contributed by atoms with van der Waals surface area (Å²) in [6, 6.07) is 1.15. The molecule has 1 heterocycles. The highest BCUT2D eigenvalue weighted by molar-refractivity contribution is 7.91. The van der Waals surface area contributed by atoms with E-state index in [0.717, 1.165) is 24.2 Å². The normalized spacial score (nSPS) is 12.3. The average Bonchev–Trinajstić information content (AvgIpc) is 2.80. The van der Waals surface area contributed by atoms with Crippen molar-refractivity contribution >= 4 is 27.3 Å². The summed E-state index contributed by atoms with van der Waals surface area (Å²) >= 11 is 0.941. The molecule has 0 spiro atoms. The smallest absolute Gasteiger partial charge is 0.336 e. The summed E-state index contributed by atoms with van der Waals surface area (Å²) in [5.41, 5.74) is 0.0107. The van der Waals surface area contributed by atoms with Gasteiger partial charge in [-0.3, -0.25) is 0 Å². The van der Waals surface area contributed by atoms with Crippen LogP contribution in [0.25, 0.3) is 0 Å². The zero-order chi connectivity index (χ0) is 13.9. The summed E-state index contributed by atoms with van der Waals surface area (Å²) in [4.78, 5) is 10.8. The number of hydrogen-bond acceptors (Lipinski definition) is 4. The first-order chi connectivity index (χ1) is 8.34. The van der Waals surface area contributed by atoms with Crippen LogP contribution in [-0.4, -0.2) is 36.9 Å². The summed E-state index contributed by atoms with van der Waals surface area (Å²) in [7, 11) is -2.05. The first kappa shape index (κ1) is 15.1. The largest absolute Gasteiger partial charge is 0.478 e. The van der Waals surface area contributed by atoms with Crippen molar-refractivity contribution in [2.75, 3.05) is 7.05 Å². The lowest BCUT2D eigenvalue weighted by Gasteiger charge is -2.24. The van der Waals surface area contributed by atoms with E-state index in [1.807, 2.05) is 13.8 Å². The molecule has 0 saturated heterocycles. The number of thiophene rings is 1. The van der Waals surface area contributed by atoms with E-state index in [0.29, 0.717) is 0 Å². The Morgan fingerprint density at radius 3 is 2.39 bits per heavy atom. The van der Waals surface area contributed by atoms with Gasteiger partial charge < -0.3 is 5.11 Å². The van der Waals surface area contributed by atoms with Crippen LogP contribution >= 0.6 is 11.3 Å². The summed E-state index contributed by atoms with van der Waals surface area (Å²) < 4.78 is 25.9. The molecule has 0 aliphatic carbocycles. The van der Waals surface area contributed by atoms with Gasteiger partial charge in [0.1, 0.15) is 4.21 Å². The van der Waals surface area contributed by atoms with E-state index in [-0.39, 0.29) is 15.8 Å². The van der Waals surface area contributed by atoms with E-state index in [1.54, 1.807) is 0 Å². The lowest BCUT2D eigenvalue weighted by Crippen LogP contribution is -2.35. The van der Waals surface area contributed by atoms with Crippen LogP contribution in [0.3, 0.4) is 0 Å². The van der Waals surface area contributed by atoms with Crippen molar-refractivity contribution in [3.8, 4) is 0 Å². The molecule has 1 rings (SSSR count). The van der Waals surface area contributed by atoms with Gasteiger partial charge >= 0.3 is 5.97 Å². The minimum Gasteiger partial charge on any atom is -0.478 e. The van der Waals surface area contributed by atoms with Crippen molar-refractivity contribution in [3.05, 3.63) is 17.0 Å². The van der Waals surface area contributed by atoms with Gasteiger partial charge in [-0.1, -0.05) is 13.8 Å². The van der Waals surface area contributed by atoms with Gasteiger partial charge in [0.15, 0.2) is 0 Å². The SMILES string of the molecule is CCC(CC)N(C)S(=O)(=O)c1cc(C(=O)O)cs1. The zero-order valence-electron chi connectivity index (χ0n) is 10.6. The van der Waals surface area contributed by atoms with Crippen molar-refractivity contribution in [3.63, 3.8) is 0 Å². The minimum absolute atomic E-state index is 0.0107. The molecule has 0 atom stereocenters. The van der Waals surface area contributed by atoms with Crippen molar-refractivity contribution in [1.82, 2.24) is 4.31 Å². The van der Waals surface area contributed by atoms with Gasteiger partial charge in [0, 0.05) is 18.5 Å². The molecule has 7 heteroatoms. The number of rotatable bonds is 6. The average molecular weight is 291 g/mol. The topological polar surface area (TPSA) is 74.7 Å². The predicted octanol–water partition coefficient (Wildman–Crippen LogP) is 2.26. The van der Waals surface area contributed by atoms with Gasteiger partial charge in [-0.05, 0) is 18.9 Å². The number of carboxylic acids is 1. The van der Waals surface area contributed by atoms with Gasteiger partial charge in [-0.15, -0.1) is 11.3 Å². The lowest BCUT2D eigenvalue weighted by molar-refractivity contribution is 0.0697. The standard InChI is InChI=1S/C11H17NO4S2/c1-4-9(5-2)12(3)18(15,16)10-6-8(7-17-10)11(13)14/h6-7,9H,4-5H2,1-3H3,(H,13,14). The fraction of sp³-hybridized carbons (Fsp3) is 0.545. The third kappa shape index (κ3) is 2.90. The number of hydrogen-bond donors (Lipinski definition) is 1. The Labute approximate surface area is 111 Å². The molecule has 1 aromatic heterocycles. The van der Waals surface area contributed by atoms with Gasteiger partial charge in [-0.2, -0.15) is 4.31 Å². The van der Waals surface area contributed by atoms with E-state index in [1.165, 1.54) is 22.8 Å². The van der Waals surface area contributed by atoms with E-state index in [2.05, 4.69) is 0 Å². The predicted molar refractivity (Wildman–Crippen MR) is 70.6 cm³/mol. The molecule has 0 bridgehead atoms. The van der Waals surface area contributed by atoms with E-state index >= 15 is 0 Å². The first-order valence-corrected chi connectivity index (χ1v) is 7.96. The maximum atomic E-state index is 12.3. The Morgan fingerprint density at radius 1 is 1.44 bits per heavy atom. The number of aromatic carboxylic acids is 1. The van der Waals surface area contributed by atoms with Crippen molar-refractivity contribution < 1.29 is 18.3 Å². The number of carboxylic acid groups (broad SMARTS) is 1. The zero-order valence-corrected chi connectivity index (χ0v) is 12.2. The van der Waals surface area contributed by atoms with Gasteiger partial charge in [0.05, 0.1) is 5.56 Å². The molecule has 5 nitrogen and oxygen atoms in total. The van der Waals surface area contributed by atoms with Gasteiger partial charge in [0.25, 0.3) is 10.0 Å². The number of sulfonamides is 1. The lowest BCUT2D eigenvalue weighted by atomic mass is 10.2. The van der Waals surface area contributed by atoms with Gasteiger partial charge in [-0.25, -0.2) is 13.2 Å². The second kappa shape index (κ2) is 5.81. The van der Waals surface area contributed by atoms with E-state index in [4.69, 9.17) is 5.11 Å². The molecular weight excluding hydrogens is 274 g/mol. The number of nitrogens with zero attached hydrogens (tertiary/aromatic N) is 1. The number of carbonyl (C=O) groups is 1. The highest BCUT2D eigenvalue weighted by atomic mass is 32.2.